The van der Waals surface area contributed by atoms with Gasteiger partial charge in [-0.2, -0.15) is 5.26 Å². The van der Waals surface area contributed by atoms with Gasteiger partial charge in [0.2, 0.25) is 5.91 Å². The number of hydrogen-bond acceptors (Lipinski definition) is 4. The van der Waals surface area contributed by atoms with Crippen LogP contribution in [0.4, 0.5) is 4.39 Å². The molecule has 2 aliphatic heterocycles. The first-order chi connectivity index (χ1) is 13.0. The fraction of sp³-hybridized carbons (Fsp3) is 0.400. The number of carbonyl (C=O) groups excluding carboxylic acids is 1. The molecule has 27 heavy (non-hydrogen) atoms. The molecule has 2 unspecified atom stereocenters. The molecule has 1 saturated heterocycles. The van der Waals surface area contributed by atoms with E-state index in [1.54, 1.807) is 12.1 Å². The van der Waals surface area contributed by atoms with Crippen LogP contribution in [0.15, 0.2) is 29.2 Å². The average molecular weight is 364 g/mol. The van der Waals surface area contributed by atoms with Crippen molar-refractivity contribution < 1.29 is 9.18 Å². The number of H-pyrrole nitrogens is 1. The van der Waals surface area contributed by atoms with E-state index in [4.69, 9.17) is 0 Å². The lowest BCUT2D eigenvalue weighted by Crippen LogP contribution is -2.47. The lowest BCUT2D eigenvalue weighted by atomic mass is 9.92. The largest absolute Gasteiger partial charge is 0.331 e. The van der Waals surface area contributed by atoms with Crippen molar-refractivity contribution in [3.05, 3.63) is 63.1 Å². The highest BCUT2D eigenvalue weighted by Gasteiger charge is 2.58. The molecule has 2 atom stereocenters. The summed E-state index contributed by atoms with van der Waals surface area (Å²) in [7, 11) is 0. The molecule has 2 aromatic heterocycles. The molecule has 4 heterocycles. The van der Waals surface area contributed by atoms with Gasteiger partial charge in [0.15, 0.2) is 0 Å². The third-order valence-electron chi connectivity index (χ3n) is 6.19. The second kappa shape index (κ2) is 5.49. The fourth-order valence-electron chi connectivity index (χ4n) is 4.68. The molecular weight excluding hydrogens is 347 g/mol. The summed E-state index contributed by atoms with van der Waals surface area (Å²) in [6.45, 7) is 0. The summed E-state index contributed by atoms with van der Waals surface area (Å²) >= 11 is 0. The van der Waals surface area contributed by atoms with Crippen molar-refractivity contribution in [3.63, 3.8) is 0 Å². The predicted octanol–water partition coefficient (Wildman–Crippen LogP) is 2.10. The van der Waals surface area contributed by atoms with Crippen molar-refractivity contribution in [2.75, 3.05) is 0 Å². The number of amides is 1. The topological polar surface area (TPSA) is 89.9 Å². The molecule has 1 N–H and O–H groups in total. The minimum absolute atomic E-state index is 0.0319. The maximum absolute atomic E-state index is 13.5. The zero-order chi connectivity index (χ0) is 18.8. The van der Waals surface area contributed by atoms with E-state index >= 15 is 0 Å². The molecule has 0 spiro atoms. The van der Waals surface area contributed by atoms with E-state index in [0.717, 1.165) is 30.3 Å². The first kappa shape index (κ1) is 16.2. The summed E-state index contributed by atoms with van der Waals surface area (Å²) in [4.78, 5) is 34.4. The highest BCUT2D eigenvalue weighted by Crippen LogP contribution is 2.53. The number of halogens is 1. The maximum atomic E-state index is 13.5. The SMILES string of the molecule is N#Cc1cc2c([nH]c1=O)CC1CCC2N1C(=O)C1(c2ccc(F)cn2)CC1. The quantitative estimate of drug-likeness (QED) is 0.884. The molecule has 2 fully saturated rings. The molecule has 136 valence electrons. The zero-order valence-electron chi connectivity index (χ0n) is 14.5. The molecule has 6 nitrogen and oxygen atoms in total. The smallest absolute Gasteiger partial charge is 0.266 e. The Morgan fingerprint density at radius 3 is 2.85 bits per heavy atom. The number of rotatable bonds is 2. The number of nitrogens with one attached hydrogen (secondary N) is 1. The number of hydrogen-bond donors (Lipinski definition) is 1. The Bertz CT molecular complexity index is 1050. The summed E-state index contributed by atoms with van der Waals surface area (Å²) < 4.78 is 13.2. The van der Waals surface area contributed by atoms with Gasteiger partial charge in [-0.05, 0) is 49.4 Å². The number of nitriles is 1. The second-order valence-electron chi connectivity index (χ2n) is 7.67. The van der Waals surface area contributed by atoms with Gasteiger partial charge in [-0.1, -0.05) is 0 Å². The first-order valence-corrected chi connectivity index (χ1v) is 9.14. The van der Waals surface area contributed by atoms with Crippen LogP contribution < -0.4 is 5.56 Å². The van der Waals surface area contributed by atoms with Crippen LogP contribution in [0.5, 0.6) is 0 Å². The third kappa shape index (κ3) is 2.26. The highest BCUT2D eigenvalue weighted by atomic mass is 19.1. The van der Waals surface area contributed by atoms with E-state index < -0.39 is 11.2 Å². The van der Waals surface area contributed by atoms with E-state index in [2.05, 4.69) is 9.97 Å². The van der Waals surface area contributed by atoms with Crippen molar-refractivity contribution in [1.29, 1.82) is 5.26 Å². The lowest BCUT2D eigenvalue weighted by molar-refractivity contribution is -0.137. The minimum atomic E-state index is -0.660. The van der Waals surface area contributed by atoms with Gasteiger partial charge in [0.1, 0.15) is 17.4 Å². The van der Waals surface area contributed by atoms with Gasteiger partial charge in [0.05, 0.1) is 23.3 Å². The van der Waals surface area contributed by atoms with Gasteiger partial charge in [0, 0.05) is 18.2 Å². The van der Waals surface area contributed by atoms with E-state index in [-0.39, 0.29) is 29.1 Å². The van der Waals surface area contributed by atoms with Crippen LogP contribution in [-0.2, 0) is 16.6 Å². The maximum Gasteiger partial charge on any atom is 0.266 e. The summed E-state index contributed by atoms with van der Waals surface area (Å²) in [6.07, 6.45) is 4.85. The summed E-state index contributed by atoms with van der Waals surface area (Å²) in [5, 5.41) is 9.19. The van der Waals surface area contributed by atoms with E-state index in [0.29, 0.717) is 25.0 Å². The second-order valence-corrected chi connectivity index (χ2v) is 7.67. The van der Waals surface area contributed by atoms with E-state index in [1.165, 1.54) is 6.07 Å². The molecule has 1 amide bonds. The molecule has 2 bridgehead atoms. The Kier molecular flexibility index (Phi) is 3.29. The van der Waals surface area contributed by atoms with Gasteiger partial charge >= 0.3 is 0 Å². The number of pyridine rings is 2. The molecule has 7 heteroatoms. The van der Waals surface area contributed by atoms with Gasteiger partial charge in [-0.3, -0.25) is 14.6 Å². The number of carbonyl (C=O) groups is 1. The predicted molar refractivity (Wildman–Crippen MR) is 93.2 cm³/mol. The Labute approximate surface area is 154 Å². The number of aromatic amines is 1. The van der Waals surface area contributed by atoms with Crippen LogP contribution in [0.25, 0.3) is 0 Å². The van der Waals surface area contributed by atoms with Gasteiger partial charge in [0.25, 0.3) is 5.56 Å². The third-order valence-corrected chi connectivity index (χ3v) is 6.19. The molecule has 1 aliphatic carbocycles. The van der Waals surface area contributed by atoms with Gasteiger partial charge in [-0.15, -0.1) is 0 Å². The summed E-state index contributed by atoms with van der Waals surface area (Å²) in [5.74, 6) is -0.383. The Morgan fingerprint density at radius 2 is 2.19 bits per heavy atom. The molecule has 1 saturated carbocycles. The molecule has 0 radical (unpaired) electrons. The molecule has 5 rings (SSSR count). The average Bonchev–Trinajstić information content (AvgIpc) is 3.41. The van der Waals surface area contributed by atoms with Crippen molar-refractivity contribution in [3.8, 4) is 6.07 Å². The zero-order valence-corrected chi connectivity index (χ0v) is 14.5. The lowest BCUT2D eigenvalue weighted by Gasteiger charge is -2.38. The normalized spacial score (nSPS) is 24.2. The molecular formula is C20H17FN4O2. The number of nitrogens with zero attached hydrogens (tertiary/aromatic N) is 3. The fourth-order valence-corrected chi connectivity index (χ4v) is 4.68. The van der Waals surface area contributed by atoms with Gasteiger partial charge < -0.3 is 9.88 Å². The van der Waals surface area contributed by atoms with Crippen LogP contribution in [0.2, 0.25) is 0 Å². The molecule has 2 aromatic rings. The van der Waals surface area contributed by atoms with Crippen molar-refractivity contribution in [2.24, 2.45) is 0 Å². The minimum Gasteiger partial charge on any atom is -0.331 e. The number of fused-ring (bicyclic) bond motifs is 4. The monoisotopic (exact) mass is 364 g/mol. The van der Waals surface area contributed by atoms with Crippen molar-refractivity contribution in [2.45, 2.75) is 49.6 Å². The molecule has 3 aliphatic rings. The standard InChI is InChI=1S/C20H17FN4O2/c21-12-1-4-17(23-10-12)20(5-6-20)19(27)25-13-2-3-16(25)14-7-11(9-22)18(26)24-15(14)8-13/h1,4,7,10,13,16H,2-3,5-6,8H2,(H,24,26). The van der Waals surface area contributed by atoms with Crippen LogP contribution in [0, 0.1) is 17.1 Å². The van der Waals surface area contributed by atoms with Crippen molar-refractivity contribution in [1.82, 2.24) is 14.9 Å². The Balaban J connectivity index is 1.53. The first-order valence-electron chi connectivity index (χ1n) is 9.14. The molecule has 0 aromatic carbocycles. The Morgan fingerprint density at radius 1 is 1.37 bits per heavy atom. The van der Waals surface area contributed by atoms with Crippen LogP contribution in [-0.4, -0.2) is 26.8 Å². The van der Waals surface area contributed by atoms with Crippen LogP contribution in [0.3, 0.4) is 0 Å². The van der Waals surface area contributed by atoms with Crippen LogP contribution in [0.1, 0.15) is 54.2 Å². The van der Waals surface area contributed by atoms with Crippen LogP contribution >= 0.6 is 0 Å². The summed E-state index contributed by atoms with van der Waals surface area (Å²) in [5.41, 5.74) is 1.37. The Hall–Kier alpha value is -3.01. The highest BCUT2D eigenvalue weighted by molar-refractivity contribution is 5.91. The van der Waals surface area contributed by atoms with Gasteiger partial charge in [-0.25, -0.2) is 4.39 Å². The summed E-state index contributed by atoms with van der Waals surface area (Å²) in [6, 6.07) is 6.42. The van der Waals surface area contributed by atoms with E-state index in [1.807, 2.05) is 11.0 Å². The number of aromatic nitrogens is 2. The van der Waals surface area contributed by atoms with Crippen molar-refractivity contribution >= 4 is 5.91 Å². The van der Waals surface area contributed by atoms with E-state index in [9.17, 15) is 19.2 Å².